The molecule has 13 heavy (non-hydrogen) atoms. The van der Waals surface area contributed by atoms with E-state index in [-0.39, 0.29) is 0 Å². The SMILES string of the molecule is CNCCc1cc(F)c(F)cc1C. The van der Waals surface area contributed by atoms with Crippen LogP contribution in [0.15, 0.2) is 12.1 Å². The second-order valence-electron chi connectivity index (χ2n) is 3.05. The van der Waals surface area contributed by atoms with Crippen LogP contribution in [0.25, 0.3) is 0 Å². The summed E-state index contributed by atoms with van der Waals surface area (Å²) in [5.41, 5.74) is 1.66. The maximum atomic E-state index is 12.8. The van der Waals surface area contributed by atoms with Crippen molar-refractivity contribution in [1.82, 2.24) is 5.32 Å². The zero-order valence-electron chi connectivity index (χ0n) is 7.82. The molecule has 72 valence electrons. The fourth-order valence-electron chi connectivity index (χ4n) is 1.22. The van der Waals surface area contributed by atoms with Gasteiger partial charge in [0.1, 0.15) is 0 Å². The largest absolute Gasteiger partial charge is 0.319 e. The molecular formula is C10H13F2N. The number of aryl methyl sites for hydroxylation is 1. The van der Waals surface area contributed by atoms with E-state index in [1.165, 1.54) is 12.1 Å². The molecule has 0 saturated heterocycles. The Morgan fingerprint density at radius 2 is 1.85 bits per heavy atom. The molecule has 3 heteroatoms. The second kappa shape index (κ2) is 4.33. The number of hydrogen-bond acceptors (Lipinski definition) is 1. The van der Waals surface area contributed by atoms with Gasteiger partial charge < -0.3 is 5.32 Å². The van der Waals surface area contributed by atoms with Crippen LogP contribution < -0.4 is 5.32 Å². The fraction of sp³-hybridized carbons (Fsp3) is 0.400. The Bertz CT molecular complexity index is 297. The van der Waals surface area contributed by atoms with Gasteiger partial charge in [0.25, 0.3) is 0 Å². The van der Waals surface area contributed by atoms with Gasteiger partial charge in [-0.2, -0.15) is 0 Å². The number of hydrogen-bond donors (Lipinski definition) is 1. The van der Waals surface area contributed by atoms with E-state index >= 15 is 0 Å². The summed E-state index contributed by atoms with van der Waals surface area (Å²) in [6.45, 7) is 2.55. The highest BCUT2D eigenvalue weighted by atomic mass is 19.2. The minimum Gasteiger partial charge on any atom is -0.319 e. The highest BCUT2D eigenvalue weighted by Gasteiger charge is 2.05. The third-order valence-corrected chi connectivity index (χ3v) is 2.02. The molecule has 0 aliphatic heterocycles. The van der Waals surface area contributed by atoms with Crippen LogP contribution in [0.1, 0.15) is 11.1 Å². The quantitative estimate of drug-likeness (QED) is 0.759. The van der Waals surface area contributed by atoms with Crippen LogP contribution >= 0.6 is 0 Å². The Morgan fingerprint density at radius 1 is 1.23 bits per heavy atom. The first-order valence-corrected chi connectivity index (χ1v) is 4.24. The van der Waals surface area contributed by atoms with Crippen molar-refractivity contribution in [3.8, 4) is 0 Å². The van der Waals surface area contributed by atoms with Gasteiger partial charge in [-0.3, -0.25) is 0 Å². The Labute approximate surface area is 76.8 Å². The molecule has 0 saturated carbocycles. The lowest BCUT2D eigenvalue weighted by atomic mass is 10.1. The molecule has 0 radical (unpaired) electrons. The van der Waals surface area contributed by atoms with Gasteiger partial charge >= 0.3 is 0 Å². The lowest BCUT2D eigenvalue weighted by Gasteiger charge is -2.05. The maximum absolute atomic E-state index is 12.8. The Hall–Kier alpha value is -0.960. The Morgan fingerprint density at radius 3 is 2.46 bits per heavy atom. The van der Waals surface area contributed by atoms with E-state index in [2.05, 4.69) is 5.32 Å². The summed E-state index contributed by atoms with van der Waals surface area (Å²) >= 11 is 0. The van der Waals surface area contributed by atoms with Crippen molar-refractivity contribution in [3.05, 3.63) is 34.9 Å². The number of benzene rings is 1. The molecule has 0 fully saturated rings. The van der Waals surface area contributed by atoms with Gasteiger partial charge in [-0.25, -0.2) is 8.78 Å². The summed E-state index contributed by atoms with van der Waals surface area (Å²) in [6.07, 6.45) is 0.722. The van der Waals surface area contributed by atoms with Crippen LogP contribution in [-0.2, 0) is 6.42 Å². The van der Waals surface area contributed by atoms with Crippen molar-refractivity contribution >= 4 is 0 Å². The van der Waals surface area contributed by atoms with Gasteiger partial charge in [-0.15, -0.1) is 0 Å². The smallest absolute Gasteiger partial charge is 0.159 e. The molecule has 1 nitrogen and oxygen atoms in total. The molecule has 0 spiro atoms. The van der Waals surface area contributed by atoms with E-state index in [1.807, 2.05) is 7.05 Å². The topological polar surface area (TPSA) is 12.0 Å². The van der Waals surface area contributed by atoms with Gasteiger partial charge in [0.05, 0.1) is 0 Å². The molecule has 0 heterocycles. The summed E-state index contributed by atoms with van der Waals surface area (Å²) in [6, 6.07) is 2.50. The Balaban J connectivity index is 2.88. The molecule has 1 rings (SSSR count). The lowest BCUT2D eigenvalue weighted by molar-refractivity contribution is 0.505. The van der Waals surface area contributed by atoms with Crippen molar-refractivity contribution in [2.24, 2.45) is 0 Å². The summed E-state index contributed by atoms with van der Waals surface area (Å²) in [4.78, 5) is 0. The summed E-state index contributed by atoms with van der Waals surface area (Å²) in [5.74, 6) is -1.54. The molecule has 0 bridgehead atoms. The molecule has 0 atom stereocenters. The van der Waals surface area contributed by atoms with E-state index in [1.54, 1.807) is 6.92 Å². The number of halogens is 2. The first-order valence-electron chi connectivity index (χ1n) is 4.24. The monoisotopic (exact) mass is 185 g/mol. The van der Waals surface area contributed by atoms with Crippen LogP contribution in [-0.4, -0.2) is 13.6 Å². The normalized spacial score (nSPS) is 10.5. The third-order valence-electron chi connectivity index (χ3n) is 2.02. The molecule has 0 aliphatic carbocycles. The van der Waals surface area contributed by atoms with Crippen LogP contribution in [0, 0.1) is 18.6 Å². The van der Waals surface area contributed by atoms with E-state index in [0.717, 1.165) is 24.1 Å². The zero-order chi connectivity index (χ0) is 9.84. The van der Waals surface area contributed by atoms with Crippen LogP contribution in [0.3, 0.4) is 0 Å². The number of rotatable bonds is 3. The second-order valence-corrected chi connectivity index (χ2v) is 3.05. The predicted octanol–water partition coefficient (Wildman–Crippen LogP) is 2.04. The first kappa shape index (κ1) is 10.1. The molecule has 1 N–H and O–H groups in total. The van der Waals surface area contributed by atoms with E-state index < -0.39 is 11.6 Å². The van der Waals surface area contributed by atoms with Crippen molar-refractivity contribution in [3.63, 3.8) is 0 Å². The molecule has 0 aromatic heterocycles. The van der Waals surface area contributed by atoms with E-state index in [4.69, 9.17) is 0 Å². The van der Waals surface area contributed by atoms with E-state index in [0.29, 0.717) is 0 Å². The molecular weight excluding hydrogens is 172 g/mol. The van der Waals surface area contributed by atoms with Crippen LogP contribution in [0.2, 0.25) is 0 Å². The van der Waals surface area contributed by atoms with Gasteiger partial charge in [0, 0.05) is 0 Å². The van der Waals surface area contributed by atoms with Gasteiger partial charge in [0.2, 0.25) is 0 Å². The third kappa shape index (κ3) is 2.49. The molecule has 0 unspecified atom stereocenters. The van der Waals surface area contributed by atoms with Crippen molar-refractivity contribution in [1.29, 1.82) is 0 Å². The summed E-state index contributed by atoms with van der Waals surface area (Å²) < 4.78 is 25.5. The molecule has 1 aromatic carbocycles. The maximum Gasteiger partial charge on any atom is 0.159 e. The fourth-order valence-corrected chi connectivity index (χ4v) is 1.22. The molecule has 0 aliphatic rings. The predicted molar refractivity (Wildman–Crippen MR) is 48.7 cm³/mol. The average Bonchev–Trinajstić information content (AvgIpc) is 2.09. The summed E-state index contributed by atoms with van der Waals surface area (Å²) in [7, 11) is 1.83. The zero-order valence-corrected chi connectivity index (χ0v) is 7.82. The minimum absolute atomic E-state index is 0.722. The minimum atomic E-state index is -0.772. The highest BCUT2D eigenvalue weighted by molar-refractivity contribution is 5.27. The van der Waals surface area contributed by atoms with Crippen LogP contribution in [0.5, 0.6) is 0 Å². The number of nitrogens with one attached hydrogen (secondary N) is 1. The van der Waals surface area contributed by atoms with Gasteiger partial charge in [-0.05, 0) is 50.2 Å². The van der Waals surface area contributed by atoms with Gasteiger partial charge in [0.15, 0.2) is 11.6 Å². The van der Waals surface area contributed by atoms with Crippen molar-refractivity contribution < 1.29 is 8.78 Å². The Kier molecular flexibility index (Phi) is 3.37. The number of likely N-dealkylation sites (N-methyl/N-ethyl adjacent to an activating group) is 1. The standard InChI is InChI=1S/C10H13F2N/c1-7-5-9(11)10(12)6-8(7)3-4-13-2/h5-6,13H,3-4H2,1-2H3. The molecule has 0 amide bonds. The van der Waals surface area contributed by atoms with Gasteiger partial charge in [-0.1, -0.05) is 0 Å². The van der Waals surface area contributed by atoms with Crippen molar-refractivity contribution in [2.45, 2.75) is 13.3 Å². The average molecular weight is 185 g/mol. The van der Waals surface area contributed by atoms with Crippen LogP contribution in [0.4, 0.5) is 8.78 Å². The van der Waals surface area contributed by atoms with E-state index in [9.17, 15) is 8.78 Å². The lowest BCUT2D eigenvalue weighted by Crippen LogP contribution is -2.11. The van der Waals surface area contributed by atoms with Crippen molar-refractivity contribution in [2.75, 3.05) is 13.6 Å². The summed E-state index contributed by atoms with van der Waals surface area (Å²) in [5, 5.41) is 2.96. The first-order chi connectivity index (χ1) is 6.15. The molecule has 1 aromatic rings. The highest BCUT2D eigenvalue weighted by Crippen LogP contribution is 2.14.